The van der Waals surface area contributed by atoms with Gasteiger partial charge in [0.25, 0.3) is 0 Å². The summed E-state index contributed by atoms with van der Waals surface area (Å²) < 4.78 is 5.06. The number of rotatable bonds is 5. The Balaban J connectivity index is 1.84. The molecule has 1 aromatic rings. The van der Waals surface area contributed by atoms with Crippen LogP contribution in [0.1, 0.15) is 49.4 Å². The summed E-state index contributed by atoms with van der Waals surface area (Å²) in [5, 5.41) is 10.1. The Kier molecular flexibility index (Phi) is 5.77. The van der Waals surface area contributed by atoms with Crippen molar-refractivity contribution < 1.29 is 19.4 Å². The van der Waals surface area contributed by atoms with Crippen molar-refractivity contribution >= 4 is 11.7 Å². The monoisotopic (exact) mass is 319 g/mol. The lowest BCUT2D eigenvalue weighted by Crippen LogP contribution is -2.33. The first-order valence-corrected chi connectivity index (χ1v) is 8.09. The number of Topliss-reactive ketones (excluding diaryl/α,β-unsaturated/α-hetero) is 1. The van der Waals surface area contributed by atoms with Crippen LogP contribution in [-0.2, 0) is 4.79 Å². The molecule has 1 saturated heterocycles. The summed E-state index contributed by atoms with van der Waals surface area (Å²) in [6.07, 6.45) is 2.52. The van der Waals surface area contributed by atoms with Crippen LogP contribution in [0.3, 0.4) is 0 Å². The zero-order valence-electron chi connectivity index (χ0n) is 13.9. The Morgan fingerprint density at radius 1 is 1.17 bits per heavy atom. The first-order chi connectivity index (χ1) is 10.9. The molecule has 1 N–H and O–H groups in total. The van der Waals surface area contributed by atoms with E-state index in [2.05, 4.69) is 0 Å². The van der Waals surface area contributed by atoms with Gasteiger partial charge in [0, 0.05) is 31.5 Å². The van der Waals surface area contributed by atoms with E-state index in [4.69, 9.17) is 4.74 Å². The lowest BCUT2D eigenvalue weighted by molar-refractivity contribution is -0.131. The van der Waals surface area contributed by atoms with E-state index in [0.717, 1.165) is 6.42 Å². The minimum absolute atomic E-state index is 0.00967. The average Bonchev–Trinajstić information content (AvgIpc) is 2.73. The SMILES string of the molecule is COc1ccc(C(=O)CCC(=O)N2CCCC(C)(O)CC2)cc1. The number of hydrogen-bond donors (Lipinski definition) is 1. The van der Waals surface area contributed by atoms with Gasteiger partial charge in [-0.15, -0.1) is 0 Å². The highest BCUT2D eigenvalue weighted by Crippen LogP contribution is 2.22. The summed E-state index contributed by atoms with van der Waals surface area (Å²) in [7, 11) is 1.58. The molecule has 1 aliphatic heterocycles. The van der Waals surface area contributed by atoms with Gasteiger partial charge in [0.2, 0.25) is 5.91 Å². The van der Waals surface area contributed by atoms with Crippen LogP contribution in [0.5, 0.6) is 5.75 Å². The summed E-state index contributed by atoms with van der Waals surface area (Å²) in [5.74, 6) is 0.654. The average molecular weight is 319 g/mol. The van der Waals surface area contributed by atoms with Gasteiger partial charge in [0.15, 0.2) is 5.78 Å². The van der Waals surface area contributed by atoms with E-state index in [1.165, 1.54) is 0 Å². The molecule has 1 unspecified atom stereocenters. The van der Waals surface area contributed by atoms with Gasteiger partial charge in [-0.2, -0.15) is 0 Å². The molecular formula is C18H25NO4. The third-order valence-electron chi connectivity index (χ3n) is 4.39. The van der Waals surface area contributed by atoms with E-state index in [9.17, 15) is 14.7 Å². The molecule has 1 atom stereocenters. The molecular weight excluding hydrogens is 294 g/mol. The predicted molar refractivity (Wildman–Crippen MR) is 87.6 cm³/mol. The number of ether oxygens (including phenoxy) is 1. The highest BCUT2D eigenvalue weighted by Gasteiger charge is 2.27. The Hall–Kier alpha value is -1.88. The summed E-state index contributed by atoms with van der Waals surface area (Å²) in [5.41, 5.74) is -0.0917. The van der Waals surface area contributed by atoms with E-state index in [1.54, 1.807) is 36.3 Å². The highest BCUT2D eigenvalue weighted by atomic mass is 16.5. The molecule has 23 heavy (non-hydrogen) atoms. The van der Waals surface area contributed by atoms with Crippen LogP contribution in [0, 0.1) is 0 Å². The molecule has 0 radical (unpaired) electrons. The molecule has 1 aliphatic rings. The van der Waals surface area contributed by atoms with Crippen molar-refractivity contribution in [1.29, 1.82) is 0 Å². The van der Waals surface area contributed by atoms with Gasteiger partial charge < -0.3 is 14.7 Å². The van der Waals surface area contributed by atoms with E-state index < -0.39 is 5.60 Å². The number of ketones is 1. The molecule has 1 amide bonds. The van der Waals surface area contributed by atoms with Crippen molar-refractivity contribution in [3.8, 4) is 5.75 Å². The second kappa shape index (κ2) is 7.59. The first-order valence-electron chi connectivity index (χ1n) is 8.09. The fourth-order valence-electron chi connectivity index (χ4n) is 2.81. The van der Waals surface area contributed by atoms with Crippen LogP contribution >= 0.6 is 0 Å². The number of benzene rings is 1. The molecule has 1 aromatic carbocycles. The third-order valence-corrected chi connectivity index (χ3v) is 4.39. The lowest BCUT2D eigenvalue weighted by atomic mass is 9.98. The predicted octanol–water partition coefficient (Wildman–Crippen LogP) is 2.42. The minimum atomic E-state index is -0.687. The van der Waals surface area contributed by atoms with Crippen LogP contribution < -0.4 is 4.74 Å². The molecule has 0 saturated carbocycles. The van der Waals surface area contributed by atoms with Crippen molar-refractivity contribution in [2.24, 2.45) is 0 Å². The van der Waals surface area contributed by atoms with Crippen LogP contribution in [0.2, 0.25) is 0 Å². The van der Waals surface area contributed by atoms with Crippen molar-refractivity contribution in [2.75, 3.05) is 20.2 Å². The molecule has 126 valence electrons. The van der Waals surface area contributed by atoms with Crippen molar-refractivity contribution in [2.45, 2.75) is 44.6 Å². The van der Waals surface area contributed by atoms with E-state index in [1.807, 2.05) is 6.92 Å². The van der Waals surface area contributed by atoms with E-state index >= 15 is 0 Å². The van der Waals surface area contributed by atoms with Crippen LogP contribution in [-0.4, -0.2) is 47.5 Å². The Labute approximate surface area is 137 Å². The third kappa shape index (κ3) is 5.06. The number of amides is 1. The van der Waals surface area contributed by atoms with Gasteiger partial charge in [-0.05, 0) is 50.5 Å². The van der Waals surface area contributed by atoms with Gasteiger partial charge in [-0.3, -0.25) is 9.59 Å². The molecule has 5 heteroatoms. The van der Waals surface area contributed by atoms with Gasteiger partial charge >= 0.3 is 0 Å². The largest absolute Gasteiger partial charge is 0.497 e. The quantitative estimate of drug-likeness (QED) is 0.847. The number of likely N-dealkylation sites (tertiary alicyclic amines) is 1. The zero-order chi connectivity index (χ0) is 16.9. The summed E-state index contributed by atoms with van der Waals surface area (Å²) in [4.78, 5) is 26.2. The molecule has 5 nitrogen and oxygen atoms in total. The lowest BCUT2D eigenvalue weighted by Gasteiger charge is -2.22. The minimum Gasteiger partial charge on any atom is -0.497 e. The summed E-state index contributed by atoms with van der Waals surface area (Å²) >= 11 is 0. The molecule has 0 aliphatic carbocycles. The number of methoxy groups -OCH3 is 1. The van der Waals surface area contributed by atoms with Gasteiger partial charge in [0.1, 0.15) is 5.75 Å². The number of carbonyl (C=O) groups excluding carboxylic acids is 2. The summed E-state index contributed by atoms with van der Waals surface area (Å²) in [6, 6.07) is 6.92. The molecule has 0 spiro atoms. The summed E-state index contributed by atoms with van der Waals surface area (Å²) in [6.45, 7) is 3.03. The Morgan fingerprint density at radius 2 is 1.87 bits per heavy atom. The number of hydrogen-bond acceptors (Lipinski definition) is 4. The Morgan fingerprint density at radius 3 is 2.52 bits per heavy atom. The normalized spacial score (nSPS) is 21.6. The zero-order valence-corrected chi connectivity index (χ0v) is 13.9. The highest BCUT2D eigenvalue weighted by molar-refractivity contribution is 5.98. The topological polar surface area (TPSA) is 66.8 Å². The molecule has 2 rings (SSSR count). The second-order valence-corrected chi connectivity index (χ2v) is 6.38. The fourth-order valence-corrected chi connectivity index (χ4v) is 2.81. The van der Waals surface area contributed by atoms with E-state index in [0.29, 0.717) is 37.2 Å². The van der Waals surface area contributed by atoms with Gasteiger partial charge in [0.05, 0.1) is 12.7 Å². The molecule has 1 fully saturated rings. The number of aliphatic hydroxyl groups is 1. The van der Waals surface area contributed by atoms with Crippen LogP contribution in [0.15, 0.2) is 24.3 Å². The van der Waals surface area contributed by atoms with Gasteiger partial charge in [-0.1, -0.05) is 0 Å². The van der Waals surface area contributed by atoms with Gasteiger partial charge in [-0.25, -0.2) is 0 Å². The molecule has 0 aromatic heterocycles. The van der Waals surface area contributed by atoms with E-state index in [-0.39, 0.29) is 24.5 Å². The van der Waals surface area contributed by atoms with Crippen molar-refractivity contribution in [3.05, 3.63) is 29.8 Å². The maximum absolute atomic E-state index is 12.3. The number of nitrogens with zero attached hydrogens (tertiary/aromatic N) is 1. The maximum Gasteiger partial charge on any atom is 0.223 e. The standard InChI is InChI=1S/C18H25NO4/c1-18(22)10-3-12-19(13-11-18)17(21)9-8-16(20)14-4-6-15(23-2)7-5-14/h4-7,22H,3,8-13H2,1-2H3. The Bertz CT molecular complexity index is 551. The van der Waals surface area contributed by atoms with Crippen LogP contribution in [0.4, 0.5) is 0 Å². The van der Waals surface area contributed by atoms with Crippen molar-refractivity contribution in [1.82, 2.24) is 4.90 Å². The van der Waals surface area contributed by atoms with Crippen LogP contribution in [0.25, 0.3) is 0 Å². The fraction of sp³-hybridized carbons (Fsp3) is 0.556. The first kappa shape index (κ1) is 17.5. The smallest absolute Gasteiger partial charge is 0.223 e. The molecule has 1 heterocycles. The molecule has 0 bridgehead atoms. The number of carbonyl (C=O) groups is 2. The van der Waals surface area contributed by atoms with Crippen molar-refractivity contribution in [3.63, 3.8) is 0 Å². The second-order valence-electron chi connectivity index (χ2n) is 6.38. The maximum atomic E-state index is 12.3.